The third-order valence-corrected chi connectivity index (χ3v) is 5.94. The molecular weight excluding hydrogens is 260 g/mol. The van der Waals surface area contributed by atoms with Crippen LogP contribution in [0.3, 0.4) is 0 Å². The molecule has 0 fully saturated rings. The van der Waals surface area contributed by atoms with E-state index in [9.17, 15) is 0 Å². The smallest absolute Gasteiger partial charge is 0.0775 e. The molecule has 1 aromatic rings. The molecule has 20 heavy (non-hydrogen) atoms. The number of nitrogens with zero attached hydrogens (tertiary/aromatic N) is 1. The summed E-state index contributed by atoms with van der Waals surface area (Å²) in [5.74, 6) is 0. The van der Waals surface area contributed by atoms with Gasteiger partial charge in [-0.25, -0.2) is 0 Å². The van der Waals surface area contributed by atoms with Crippen molar-refractivity contribution in [1.82, 2.24) is 4.90 Å². The minimum atomic E-state index is -1.18. The predicted molar refractivity (Wildman–Crippen MR) is 93.2 cm³/mol. The highest BCUT2D eigenvalue weighted by Crippen LogP contribution is 2.16. The van der Waals surface area contributed by atoms with E-state index in [4.69, 9.17) is 5.73 Å². The van der Waals surface area contributed by atoms with Gasteiger partial charge in [-0.2, -0.15) is 0 Å². The van der Waals surface area contributed by atoms with Gasteiger partial charge in [-0.3, -0.25) is 4.90 Å². The zero-order valence-corrected chi connectivity index (χ0v) is 15.2. The average Bonchev–Trinajstić information content (AvgIpc) is 2.37. The summed E-state index contributed by atoms with van der Waals surface area (Å²) in [5.41, 5.74) is 7.44. The van der Waals surface area contributed by atoms with Gasteiger partial charge in [0.1, 0.15) is 0 Å². The van der Waals surface area contributed by atoms with Crippen LogP contribution in [0.25, 0.3) is 0 Å². The maximum absolute atomic E-state index is 5.85. The number of hydrogen-bond donors (Lipinski definition) is 1. The summed E-state index contributed by atoms with van der Waals surface area (Å²) in [6.07, 6.45) is 0. The molecule has 0 aliphatic heterocycles. The summed E-state index contributed by atoms with van der Waals surface area (Å²) in [4.78, 5) is 2.48. The van der Waals surface area contributed by atoms with Crippen molar-refractivity contribution in [3.05, 3.63) is 29.8 Å². The molecule has 0 heterocycles. The third kappa shape index (κ3) is 5.39. The van der Waals surface area contributed by atoms with Crippen molar-refractivity contribution in [2.75, 3.05) is 19.6 Å². The van der Waals surface area contributed by atoms with Crippen molar-refractivity contribution in [3.8, 4) is 0 Å². The molecule has 2 nitrogen and oxygen atoms in total. The summed E-state index contributed by atoms with van der Waals surface area (Å²) in [5, 5.41) is 1.53. The first-order valence-electron chi connectivity index (χ1n) is 7.70. The Bertz CT molecular complexity index is 404. The van der Waals surface area contributed by atoms with Gasteiger partial charge in [-0.15, -0.1) is 0 Å². The first-order chi connectivity index (χ1) is 9.18. The van der Waals surface area contributed by atoms with Crippen LogP contribution in [-0.2, 0) is 6.54 Å². The molecule has 0 unspecified atom stereocenters. The fourth-order valence-corrected chi connectivity index (χ4v) is 3.48. The van der Waals surface area contributed by atoms with Gasteiger partial charge in [-0.1, -0.05) is 69.9 Å². The van der Waals surface area contributed by atoms with Gasteiger partial charge < -0.3 is 5.73 Å². The molecule has 2 N–H and O–H groups in total. The zero-order valence-electron chi connectivity index (χ0n) is 14.2. The van der Waals surface area contributed by atoms with Gasteiger partial charge >= 0.3 is 0 Å². The standard InChI is InChI=1S/C17H32N2Si/c1-7-19(14-17(2,3)13-18)12-15-8-10-16(11-9-15)20(4,5)6/h8-11H,7,12-14,18H2,1-6H3. The normalized spacial score (nSPS) is 13.0. The average molecular weight is 293 g/mol. The number of nitrogens with two attached hydrogens (primary N) is 1. The second-order valence-corrected chi connectivity index (χ2v) is 12.7. The van der Waals surface area contributed by atoms with Crippen LogP contribution in [0.2, 0.25) is 19.6 Å². The molecule has 0 aliphatic carbocycles. The lowest BCUT2D eigenvalue weighted by molar-refractivity contribution is 0.183. The number of rotatable bonds is 7. The van der Waals surface area contributed by atoms with Crippen LogP contribution < -0.4 is 10.9 Å². The summed E-state index contributed by atoms with van der Waals surface area (Å²) < 4.78 is 0. The van der Waals surface area contributed by atoms with Crippen LogP contribution >= 0.6 is 0 Å². The van der Waals surface area contributed by atoms with E-state index in [1.165, 1.54) is 10.8 Å². The van der Waals surface area contributed by atoms with Crippen LogP contribution in [0, 0.1) is 5.41 Å². The zero-order chi connectivity index (χ0) is 15.4. The summed E-state index contributed by atoms with van der Waals surface area (Å²) >= 11 is 0. The summed E-state index contributed by atoms with van der Waals surface area (Å²) in [6, 6.07) is 9.24. The van der Waals surface area contributed by atoms with Crippen molar-refractivity contribution in [2.45, 2.75) is 47.0 Å². The SMILES string of the molecule is CCN(Cc1ccc([Si](C)(C)C)cc1)CC(C)(C)CN. The lowest BCUT2D eigenvalue weighted by Crippen LogP contribution is -2.39. The molecule has 0 spiro atoms. The molecule has 0 saturated heterocycles. The fraction of sp³-hybridized carbons (Fsp3) is 0.647. The van der Waals surface area contributed by atoms with Crippen molar-refractivity contribution >= 4 is 13.3 Å². The van der Waals surface area contributed by atoms with Gasteiger partial charge in [0.05, 0.1) is 8.07 Å². The van der Waals surface area contributed by atoms with Gasteiger partial charge in [0.2, 0.25) is 0 Å². The lowest BCUT2D eigenvalue weighted by Gasteiger charge is -2.31. The van der Waals surface area contributed by atoms with E-state index >= 15 is 0 Å². The third-order valence-electron chi connectivity index (χ3n) is 3.88. The molecule has 0 saturated carbocycles. The molecule has 114 valence electrons. The highest BCUT2D eigenvalue weighted by molar-refractivity contribution is 6.88. The number of benzene rings is 1. The Labute approximate surface area is 126 Å². The highest BCUT2D eigenvalue weighted by Gasteiger charge is 2.20. The molecular formula is C17H32N2Si. The Morgan fingerprint density at radius 2 is 1.65 bits per heavy atom. The molecule has 1 aromatic carbocycles. The maximum Gasteiger partial charge on any atom is 0.0775 e. The Morgan fingerprint density at radius 1 is 1.10 bits per heavy atom. The quantitative estimate of drug-likeness (QED) is 0.783. The first-order valence-corrected chi connectivity index (χ1v) is 11.2. The Hall–Kier alpha value is -0.643. The topological polar surface area (TPSA) is 29.3 Å². The monoisotopic (exact) mass is 292 g/mol. The van der Waals surface area contributed by atoms with E-state index in [0.717, 1.165) is 26.2 Å². The van der Waals surface area contributed by atoms with E-state index in [0.29, 0.717) is 0 Å². The molecule has 0 bridgehead atoms. The van der Waals surface area contributed by atoms with Crippen molar-refractivity contribution < 1.29 is 0 Å². The molecule has 0 amide bonds. The lowest BCUT2D eigenvalue weighted by atomic mass is 9.93. The van der Waals surface area contributed by atoms with Crippen LogP contribution in [0.5, 0.6) is 0 Å². The Morgan fingerprint density at radius 3 is 2.05 bits per heavy atom. The van der Waals surface area contributed by atoms with Gasteiger partial charge in [0.15, 0.2) is 0 Å². The minimum Gasteiger partial charge on any atom is -0.330 e. The van der Waals surface area contributed by atoms with Crippen LogP contribution in [0.1, 0.15) is 26.3 Å². The molecule has 0 radical (unpaired) electrons. The highest BCUT2D eigenvalue weighted by atomic mass is 28.3. The molecule has 1 rings (SSSR count). The summed E-state index contributed by atoms with van der Waals surface area (Å²) in [7, 11) is -1.18. The van der Waals surface area contributed by atoms with E-state index in [2.05, 4.69) is 69.6 Å². The summed E-state index contributed by atoms with van der Waals surface area (Å²) in [6.45, 7) is 17.8. The van der Waals surface area contributed by atoms with Gasteiger partial charge in [-0.05, 0) is 24.1 Å². The van der Waals surface area contributed by atoms with Gasteiger partial charge in [0.25, 0.3) is 0 Å². The Kier molecular flexibility index (Phi) is 5.99. The number of hydrogen-bond acceptors (Lipinski definition) is 2. The van der Waals surface area contributed by atoms with E-state index < -0.39 is 8.07 Å². The predicted octanol–water partition coefficient (Wildman–Crippen LogP) is 3.04. The molecule has 0 aliphatic rings. The van der Waals surface area contributed by atoms with Crippen LogP contribution in [-0.4, -0.2) is 32.6 Å². The maximum atomic E-state index is 5.85. The Balaban J connectivity index is 2.71. The van der Waals surface area contributed by atoms with Crippen molar-refractivity contribution in [3.63, 3.8) is 0 Å². The van der Waals surface area contributed by atoms with E-state index in [1.54, 1.807) is 0 Å². The van der Waals surface area contributed by atoms with Crippen molar-refractivity contribution in [1.29, 1.82) is 0 Å². The first kappa shape index (κ1) is 17.4. The van der Waals surface area contributed by atoms with E-state index in [1.807, 2.05) is 0 Å². The molecule has 0 aromatic heterocycles. The second-order valence-electron chi connectivity index (χ2n) is 7.62. The van der Waals surface area contributed by atoms with E-state index in [-0.39, 0.29) is 5.41 Å². The van der Waals surface area contributed by atoms with Crippen molar-refractivity contribution in [2.24, 2.45) is 11.1 Å². The fourth-order valence-electron chi connectivity index (χ4n) is 2.32. The minimum absolute atomic E-state index is 0.189. The van der Waals surface area contributed by atoms with Crippen LogP contribution in [0.4, 0.5) is 0 Å². The molecule has 3 heteroatoms. The second kappa shape index (κ2) is 6.88. The van der Waals surface area contributed by atoms with Gasteiger partial charge in [0, 0.05) is 13.1 Å². The molecule has 0 atom stereocenters. The largest absolute Gasteiger partial charge is 0.330 e. The van der Waals surface area contributed by atoms with Crippen LogP contribution in [0.15, 0.2) is 24.3 Å².